The normalized spacial score (nSPS) is 12.2. The first-order valence-electron chi connectivity index (χ1n) is 6.57. The van der Waals surface area contributed by atoms with Gasteiger partial charge in [0.2, 0.25) is 0 Å². The molecule has 112 valence electrons. The Labute approximate surface area is 133 Å². The summed E-state index contributed by atoms with van der Waals surface area (Å²) in [6, 6.07) is 9.81. The molecular formula is C16H16Cl2FNO. The number of halogens is 3. The summed E-state index contributed by atoms with van der Waals surface area (Å²) in [4.78, 5) is 0. The van der Waals surface area contributed by atoms with Gasteiger partial charge in [0, 0.05) is 16.6 Å². The number of ether oxygens (including phenoxy) is 1. The van der Waals surface area contributed by atoms with Crippen molar-refractivity contribution in [2.45, 2.75) is 26.0 Å². The predicted octanol–water partition coefficient (Wildman–Crippen LogP) is 4.60. The fourth-order valence-corrected chi connectivity index (χ4v) is 2.47. The Bertz CT molecular complexity index is 632. The standard InChI is InChI=1S/C16H16Cl2FNO/c1-10(20)7-11-3-2-4-14(18)16(11)21-9-12-8-13(17)5-6-15(12)19/h2-6,8,10H,7,9,20H2,1H3. The van der Waals surface area contributed by atoms with E-state index in [1.165, 1.54) is 12.1 Å². The molecule has 0 saturated heterocycles. The number of nitrogens with two attached hydrogens (primary N) is 1. The van der Waals surface area contributed by atoms with E-state index in [-0.39, 0.29) is 18.5 Å². The molecule has 2 rings (SSSR count). The molecular weight excluding hydrogens is 312 g/mol. The molecule has 2 N–H and O–H groups in total. The third kappa shape index (κ3) is 4.34. The largest absolute Gasteiger partial charge is 0.487 e. The van der Waals surface area contributed by atoms with Gasteiger partial charge in [-0.05, 0) is 43.2 Å². The van der Waals surface area contributed by atoms with E-state index in [1.807, 2.05) is 19.1 Å². The van der Waals surface area contributed by atoms with Crippen LogP contribution in [-0.2, 0) is 13.0 Å². The van der Waals surface area contributed by atoms with E-state index in [1.54, 1.807) is 12.1 Å². The van der Waals surface area contributed by atoms with Crippen molar-refractivity contribution in [3.05, 3.63) is 63.4 Å². The lowest BCUT2D eigenvalue weighted by Crippen LogP contribution is -2.18. The van der Waals surface area contributed by atoms with Crippen LogP contribution < -0.4 is 10.5 Å². The molecule has 0 fully saturated rings. The Morgan fingerprint density at radius 3 is 2.67 bits per heavy atom. The van der Waals surface area contributed by atoms with E-state index in [9.17, 15) is 4.39 Å². The van der Waals surface area contributed by atoms with Gasteiger partial charge in [-0.2, -0.15) is 0 Å². The Morgan fingerprint density at radius 2 is 1.95 bits per heavy atom. The molecule has 5 heteroatoms. The maximum atomic E-state index is 13.7. The molecule has 0 saturated carbocycles. The molecule has 1 unspecified atom stereocenters. The Balaban J connectivity index is 2.21. The van der Waals surface area contributed by atoms with Crippen molar-refractivity contribution < 1.29 is 9.13 Å². The number of para-hydroxylation sites is 1. The van der Waals surface area contributed by atoms with Crippen molar-refractivity contribution in [2.75, 3.05) is 0 Å². The van der Waals surface area contributed by atoms with Crippen LogP contribution in [0.2, 0.25) is 10.0 Å². The second-order valence-corrected chi connectivity index (χ2v) is 5.78. The fourth-order valence-electron chi connectivity index (χ4n) is 2.03. The van der Waals surface area contributed by atoms with Crippen molar-refractivity contribution in [1.82, 2.24) is 0 Å². The summed E-state index contributed by atoms with van der Waals surface area (Å²) in [6.45, 7) is 1.96. The first-order valence-corrected chi connectivity index (χ1v) is 7.32. The first kappa shape index (κ1) is 16.1. The zero-order valence-corrected chi connectivity index (χ0v) is 13.1. The van der Waals surface area contributed by atoms with Gasteiger partial charge in [0.15, 0.2) is 0 Å². The number of benzene rings is 2. The van der Waals surface area contributed by atoms with E-state index >= 15 is 0 Å². The summed E-state index contributed by atoms with van der Waals surface area (Å²) in [7, 11) is 0. The SMILES string of the molecule is CC(N)Cc1cccc(Cl)c1OCc1cc(Cl)ccc1F. The zero-order valence-electron chi connectivity index (χ0n) is 11.6. The Hall–Kier alpha value is -1.29. The molecule has 0 amide bonds. The van der Waals surface area contributed by atoms with Crippen molar-refractivity contribution >= 4 is 23.2 Å². The van der Waals surface area contributed by atoms with Gasteiger partial charge in [0.1, 0.15) is 18.2 Å². The van der Waals surface area contributed by atoms with E-state index in [2.05, 4.69) is 0 Å². The van der Waals surface area contributed by atoms with Crippen LogP contribution in [0.25, 0.3) is 0 Å². The number of rotatable bonds is 5. The molecule has 2 aromatic carbocycles. The second kappa shape index (κ2) is 7.12. The first-order chi connectivity index (χ1) is 9.97. The Kier molecular flexibility index (Phi) is 5.45. The molecule has 0 aliphatic heterocycles. The van der Waals surface area contributed by atoms with Crippen molar-refractivity contribution in [1.29, 1.82) is 0 Å². The van der Waals surface area contributed by atoms with Gasteiger partial charge in [0.25, 0.3) is 0 Å². The second-order valence-electron chi connectivity index (χ2n) is 4.93. The summed E-state index contributed by atoms with van der Waals surface area (Å²) >= 11 is 12.0. The van der Waals surface area contributed by atoms with Gasteiger partial charge < -0.3 is 10.5 Å². The third-order valence-corrected chi connectivity index (χ3v) is 3.50. The Morgan fingerprint density at radius 1 is 1.19 bits per heavy atom. The van der Waals surface area contributed by atoms with Crippen molar-refractivity contribution in [3.8, 4) is 5.75 Å². The van der Waals surface area contributed by atoms with Crippen LogP contribution in [0.5, 0.6) is 5.75 Å². The van der Waals surface area contributed by atoms with Gasteiger partial charge in [0.05, 0.1) is 5.02 Å². The molecule has 0 aliphatic carbocycles. The highest BCUT2D eigenvalue weighted by Gasteiger charge is 2.12. The van der Waals surface area contributed by atoms with Crippen LogP contribution in [0, 0.1) is 5.82 Å². The fraction of sp³-hybridized carbons (Fsp3) is 0.250. The van der Waals surface area contributed by atoms with Gasteiger partial charge in [-0.3, -0.25) is 0 Å². The molecule has 0 radical (unpaired) electrons. The smallest absolute Gasteiger partial charge is 0.141 e. The molecule has 0 aliphatic rings. The molecule has 2 aromatic rings. The third-order valence-electron chi connectivity index (χ3n) is 2.97. The van der Waals surface area contributed by atoms with E-state index in [0.29, 0.717) is 27.8 Å². The number of hydrogen-bond acceptors (Lipinski definition) is 2. The maximum absolute atomic E-state index is 13.7. The summed E-state index contributed by atoms with van der Waals surface area (Å²) in [6.07, 6.45) is 0.633. The van der Waals surface area contributed by atoms with Crippen LogP contribution >= 0.6 is 23.2 Å². The van der Waals surface area contributed by atoms with Gasteiger partial charge >= 0.3 is 0 Å². The highest BCUT2D eigenvalue weighted by molar-refractivity contribution is 6.32. The van der Waals surface area contributed by atoms with Gasteiger partial charge in [-0.25, -0.2) is 4.39 Å². The minimum Gasteiger partial charge on any atom is -0.487 e. The van der Waals surface area contributed by atoms with E-state index in [0.717, 1.165) is 5.56 Å². The summed E-state index contributed by atoms with van der Waals surface area (Å²) in [5, 5.41) is 0.945. The number of hydrogen-bond donors (Lipinski definition) is 1. The van der Waals surface area contributed by atoms with Crippen LogP contribution in [0.1, 0.15) is 18.1 Å². The van der Waals surface area contributed by atoms with Crippen LogP contribution in [-0.4, -0.2) is 6.04 Å². The van der Waals surface area contributed by atoms with Crippen LogP contribution in [0.4, 0.5) is 4.39 Å². The lowest BCUT2D eigenvalue weighted by Gasteiger charge is -2.15. The monoisotopic (exact) mass is 327 g/mol. The van der Waals surface area contributed by atoms with E-state index in [4.69, 9.17) is 33.7 Å². The minimum atomic E-state index is -0.361. The highest BCUT2D eigenvalue weighted by atomic mass is 35.5. The van der Waals surface area contributed by atoms with Crippen molar-refractivity contribution in [2.24, 2.45) is 5.73 Å². The van der Waals surface area contributed by atoms with Crippen LogP contribution in [0.3, 0.4) is 0 Å². The average molecular weight is 328 g/mol. The molecule has 1 atom stereocenters. The van der Waals surface area contributed by atoms with E-state index < -0.39 is 0 Å². The molecule has 0 bridgehead atoms. The molecule has 2 nitrogen and oxygen atoms in total. The molecule has 0 spiro atoms. The van der Waals surface area contributed by atoms with Crippen molar-refractivity contribution in [3.63, 3.8) is 0 Å². The maximum Gasteiger partial charge on any atom is 0.141 e. The highest BCUT2D eigenvalue weighted by Crippen LogP contribution is 2.30. The molecule has 21 heavy (non-hydrogen) atoms. The quantitative estimate of drug-likeness (QED) is 0.870. The summed E-state index contributed by atoms with van der Waals surface area (Å²) in [5.74, 6) is 0.177. The molecule has 0 aromatic heterocycles. The predicted molar refractivity (Wildman–Crippen MR) is 84.5 cm³/mol. The lowest BCUT2D eigenvalue weighted by molar-refractivity contribution is 0.296. The lowest BCUT2D eigenvalue weighted by atomic mass is 10.1. The van der Waals surface area contributed by atoms with Crippen LogP contribution in [0.15, 0.2) is 36.4 Å². The summed E-state index contributed by atoms with van der Waals surface area (Å²) < 4.78 is 19.4. The average Bonchev–Trinajstić information content (AvgIpc) is 2.41. The minimum absolute atomic E-state index is 0.0197. The summed E-state index contributed by atoms with van der Waals surface area (Å²) in [5.41, 5.74) is 7.10. The molecule has 0 heterocycles. The zero-order chi connectivity index (χ0) is 15.4. The van der Waals surface area contributed by atoms with Gasteiger partial charge in [-0.1, -0.05) is 35.3 Å². The topological polar surface area (TPSA) is 35.2 Å². The van der Waals surface area contributed by atoms with Gasteiger partial charge in [-0.15, -0.1) is 0 Å².